The lowest BCUT2D eigenvalue weighted by molar-refractivity contribution is 0.102. The zero-order chi connectivity index (χ0) is 16.9. The normalized spacial score (nSPS) is 16.4. The number of anilines is 1. The molecule has 1 aromatic carbocycles. The molecule has 3 N–H and O–H groups in total. The average Bonchev–Trinajstić information content (AvgIpc) is 3.00. The number of carbonyl (C=O) groups excluding carboxylic acids is 1. The zero-order valence-corrected chi connectivity index (χ0v) is 13.4. The molecule has 7 heteroatoms. The third-order valence-electron chi connectivity index (χ3n) is 3.70. The Bertz CT molecular complexity index is 758. The van der Waals surface area contributed by atoms with Gasteiger partial charge in [-0.1, -0.05) is 12.1 Å². The number of amides is 1. The summed E-state index contributed by atoms with van der Waals surface area (Å²) in [4.78, 5) is 24.5. The summed E-state index contributed by atoms with van der Waals surface area (Å²) in [5.41, 5.74) is 8.39. The zero-order valence-electron chi connectivity index (χ0n) is 13.4. The molecule has 0 unspecified atom stereocenters. The molecule has 1 atom stereocenters. The molecule has 2 heterocycles. The predicted molar refractivity (Wildman–Crippen MR) is 90.8 cm³/mol. The fraction of sp³-hybridized carbons (Fsp3) is 0.294. The summed E-state index contributed by atoms with van der Waals surface area (Å²) in [6.07, 6.45) is 4.82. The molecule has 3 rings (SSSR count). The molecule has 124 valence electrons. The number of hydrogen-bond acceptors (Lipinski definition) is 6. The van der Waals surface area contributed by atoms with Crippen molar-refractivity contribution in [2.45, 2.75) is 25.8 Å². The topological polar surface area (TPSA) is 102 Å². The van der Waals surface area contributed by atoms with Crippen molar-refractivity contribution in [2.75, 3.05) is 11.9 Å². The Morgan fingerprint density at radius 2 is 2.12 bits per heavy atom. The fourth-order valence-electron chi connectivity index (χ4n) is 2.44. The molecule has 0 spiro atoms. The van der Waals surface area contributed by atoms with Crippen LogP contribution >= 0.6 is 0 Å². The van der Waals surface area contributed by atoms with Crippen LogP contribution in [0.2, 0.25) is 0 Å². The lowest BCUT2D eigenvalue weighted by atomic mass is 10.1. The van der Waals surface area contributed by atoms with E-state index in [1.54, 1.807) is 13.1 Å². The van der Waals surface area contributed by atoms with E-state index in [1.807, 2.05) is 24.3 Å². The molecule has 1 aliphatic heterocycles. The van der Waals surface area contributed by atoms with Gasteiger partial charge >= 0.3 is 0 Å². The van der Waals surface area contributed by atoms with E-state index < -0.39 is 0 Å². The van der Waals surface area contributed by atoms with Crippen LogP contribution in [0, 0.1) is 6.92 Å². The summed E-state index contributed by atoms with van der Waals surface area (Å²) >= 11 is 0. The van der Waals surface area contributed by atoms with E-state index >= 15 is 0 Å². The molecule has 7 nitrogen and oxygen atoms in total. The number of aryl methyl sites for hydroxylation is 2. The van der Waals surface area contributed by atoms with Crippen LogP contribution in [0.3, 0.4) is 0 Å². The van der Waals surface area contributed by atoms with Gasteiger partial charge in [-0.2, -0.15) is 0 Å². The predicted octanol–water partition coefficient (Wildman–Crippen LogP) is 1.68. The van der Waals surface area contributed by atoms with Gasteiger partial charge in [-0.05, 0) is 37.5 Å². The van der Waals surface area contributed by atoms with Crippen molar-refractivity contribution in [2.24, 2.45) is 10.7 Å². The number of amidine groups is 1. The molecular weight excluding hydrogens is 306 g/mol. The summed E-state index contributed by atoms with van der Waals surface area (Å²) in [5, 5.41) is 2.82. The summed E-state index contributed by atoms with van der Waals surface area (Å²) in [7, 11) is 0. The van der Waals surface area contributed by atoms with Gasteiger partial charge in [0.2, 0.25) is 0 Å². The third-order valence-corrected chi connectivity index (χ3v) is 3.70. The van der Waals surface area contributed by atoms with Gasteiger partial charge in [0.15, 0.2) is 0 Å². The number of ether oxygens (including phenoxy) is 1. The first-order valence-electron chi connectivity index (χ1n) is 7.75. The van der Waals surface area contributed by atoms with Crippen molar-refractivity contribution in [1.29, 1.82) is 0 Å². The minimum Gasteiger partial charge on any atom is -0.463 e. The Morgan fingerprint density at radius 1 is 1.33 bits per heavy atom. The number of aromatic nitrogens is 2. The standard InChI is InChI=1S/C17H19N5O2/c1-11-8-19-9-15(20-11)16(23)21-13-5-2-12(3-6-13)4-7-14-10-24-17(18)22-14/h2-3,5-6,8-9,14H,4,7,10H2,1H3,(H2,18,22)(H,21,23)/t14-/m0/s1. The Balaban J connectivity index is 1.55. The number of nitrogens with zero attached hydrogens (tertiary/aromatic N) is 3. The minimum atomic E-state index is -0.271. The monoisotopic (exact) mass is 325 g/mol. The number of hydrogen-bond donors (Lipinski definition) is 2. The van der Waals surface area contributed by atoms with Gasteiger partial charge in [0, 0.05) is 11.9 Å². The molecule has 0 saturated carbocycles. The van der Waals surface area contributed by atoms with Gasteiger partial charge < -0.3 is 15.8 Å². The highest BCUT2D eigenvalue weighted by Gasteiger charge is 2.16. The maximum absolute atomic E-state index is 12.1. The van der Waals surface area contributed by atoms with Crippen molar-refractivity contribution >= 4 is 17.6 Å². The van der Waals surface area contributed by atoms with Crippen molar-refractivity contribution < 1.29 is 9.53 Å². The highest BCUT2D eigenvalue weighted by atomic mass is 16.5. The quantitative estimate of drug-likeness (QED) is 0.871. The van der Waals surface area contributed by atoms with Gasteiger partial charge in [-0.3, -0.25) is 9.78 Å². The number of aliphatic imine (C=N–C) groups is 1. The number of rotatable bonds is 5. The first-order chi connectivity index (χ1) is 11.6. The van der Waals surface area contributed by atoms with Crippen LogP contribution < -0.4 is 11.1 Å². The van der Waals surface area contributed by atoms with E-state index in [9.17, 15) is 4.79 Å². The Morgan fingerprint density at radius 3 is 2.79 bits per heavy atom. The summed E-state index contributed by atoms with van der Waals surface area (Å²) in [6.45, 7) is 2.35. The van der Waals surface area contributed by atoms with Gasteiger partial charge in [-0.15, -0.1) is 0 Å². The largest absolute Gasteiger partial charge is 0.463 e. The second-order valence-corrected chi connectivity index (χ2v) is 5.67. The highest BCUT2D eigenvalue weighted by Crippen LogP contribution is 2.15. The summed E-state index contributed by atoms with van der Waals surface area (Å²) in [6, 6.07) is 8.13. The maximum Gasteiger partial charge on any atom is 0.282 e. The third kappa shape index (κ3) is 4.07. The second-order valence-electron chi connectivity index (χ2n) is 5.67. The Hall–Kier alpha value is -2.96. The molecule has 0 bridgehead atoms. The summed E-state index contributed by atoms with van der Waals surface area (Å²) < 4.78 is 5.14. The molecule has 24 heavy (non-hydrogen) atoms. The lowest BCUT2D eigenvalue weighted by Crippen LogP contribution is -2.14. The molecule has 0 radical (unpaired) electrons. The van der Waals surface area contributed by atoms with Crippen molar-refractivity contribution in [3.05, 3.63) is 53.6 Å². The SMILES string of the molecule is Cc1cncc(C(=O)Nc2ccc(CC[C@H]3COC(N)=N3)cc2)n1. The van der Waals surface area contributed by atoms with Crippen LogP contribution in [0.5, 0.6) is 0 Å². The van der Waals surface area contributed by atoms with Crippen molar-refractivity contribution in [3.8, 4) is 0 Å². The Kier molecular flexibility index (Phi) is 4.69. The molecule has 1 aliphatic rings. The van der Waals surface area contributed by atoms with E-state index in [2.05, 4.69) is 20.3 Å². The number of nitrogens with two attached hydrogens (primary N) is 1. The van der Waals surface area contributed by atoms with Crippen LogP contribution in [-0.2, 0) is 11.2 Å². The fourth-order valence-corrected chi connectivity index (χ4v) is 2.44. The molecule has 0 aliphatic carbocycles. The lowest BCUT2D eigenvalue weighted by Gasteiger charge is -2.08. The first kappa shape index (κ1) is 15.9. The first-order valence-corrected chi connectivity index (χ1v) is 7.75. The summed E-state index contributed by atoms with van der Waals surface area (Å²) in [5.74, 6) is -0.271. The van der Waals surface area contributed by atoms with Crippen LogP contribution in [0.4, 0.5) is 5.69 Å². The van der Waals surface area contributed by atoms with Crippen LogP contribution in [0.25, 0.3) is 0 Å². The van der Waals surface area contributed by atoms with E-state index in [0.29, 0.717) is 18.0 Å². The molecule has 1 amide bonds. The van der Waals surface area contributed by atoms with Crippen molar-refractivity contribution in [1.82, 2.24) is 9.97 Å². The van der Waals surface area contributed by atoms with E-state index in [1.165, 1.54) is 11.8 Å². The van der Waals surface area contributed by atoms with E-state index in [4.69, 9.17) is 10.5 Å². The van der Waals surface area contributed by atoms with Gasteiger partial charge in [0.25, 0.3) is 11.9 Å². The number of benzene rings is 1. The van der Waals surface area contributed by atoms with E-state index in [0.717, 1.165) is 18.5 Å². The molecule has 1 aromatic heterocycles. The Labute approximate surface area is 140 Å². The molecular formula is C17H19N5O2. The number of nitrogens with one attached hydrogen (secondary N) is 1. The maximum atomic E-state index is 12.1. The number of carbonyl (C=O) groups is 1. The average molecular weight is 325 g/mol. The van der Waals surface area contributed by atoms with Crippen molar-refractivity contribution in [3.63, 3.8) is 0 Å². The van der Waals surface area contributed by atoms with Crippen LogP contribution in [0.15, 0.2) is 41.7 Å². The van der Waals surface area contributed by atoms with Gasteiger partial charge in [0.05, 0.1) is 17.9 Å². The van der Waals surface area contributed by atoms with E-state index in [-0.39, 0.29) is 18.0 Å². The second kappa shape index (κ2) is 7.08. The van der Waals surface area contributed by atoms with Crippen LogP contribution in [-0.4, -0.2) is 34.5 Å². The minimum absolute atomic E-state index is 0.129. The molecule has 0 saturated heterocycles. The highest BCUT2D eigenvalue weighted by molar-refractivity contribution is 6.02. The molecule has 2 aromatic rings. The smallest absolute Gasteiger partial charge is 0.282 e. The van der Waals surface area contributed by atoms with Gasteiger partial charge in [-0.25, -0.2) is 9.98 Å². The van der Waals surface area contributed by atoms with Crippen LogP contribution in [0.1, 0.15) is 28.2 Å². The molecule has 0 fully saturated rings. The van der Waals surface area contributed by atoms with Gasteiger partial charge in [0.1, 0.15) is 12.3 Å².